The van der Waals surface area contributed by atoms with Gasteiger partial charge in [0, 0.05) is 11.1 Å². The van der Waals surface area contributed by atoms with Crippen molar-refractivity contribution in [1.29, 1.82) is 0 Å². The van der Waals surface area contributed by atoms with Gasteiger partial charge in [-0.3, -0.25) is 0 Å². The van der Waals surface area contributed by atoms with Crippen molar-refractivity contribution in [3.8, 4) is 0 Å². The zero-order chi connectivity index (χ0) is 11.8. The molecule has 17 heavy (non-hydrogen) atoms. The SMILES string of the molecule is O=C(O)C1=NOCc2c1ccc1ccccc21. The van der Waals surface area contributed by atoms with Crippen LogP contribution in [0.25, 0.3) is 10.8 Å². The van der Waals surface area contributed by atoms with Crippen LogP contribution in [-0.4, -0.2) is 16.8 Å². The highest BCUT2D eigenvalue weighted by atomic mass is 16.6. The molecular formula is C13H9NO3. The summed E-state index contributed by atoms with van der Waals surface area (Å²) >= 11 is 0. The lowest BCUT2D eigenvalue weighted by molar-refractivity contribution is -0.129. The monoisotopic (exact) mass is 227 g/mol. The Morgan fingerprint density at radius 3 is 2.88 bits per heavy atom. The number of carboxylic acids is 1. The van der Waals surface area contributed by atoms with Crippen molar-refractivity contribution >= 4 is 22.5 Å². The van der Waals surface area contributed by atoms with Gasteiger partial charge in [0.15, 0.2) is 5.71 Å². The Morgan fingerprint density at radius 1 is 1.24 bits per heavy atom. The molecule has 2 aromatic carbocycles. The first kappa shape index (κ1) is 9.84. The molecule has 0 saturated heterocycles. The number of oxime groups is 1. The molecule has 0 saturated carbocycles. The van der Waals surface area contributed by atoms with E-state index in [-0.39, 0.29) is 5.71 Å². The number of fused-ring (bicyclic) bond motifs is 3. The lowest BCUT2D eigenvalue weighted by atomic mass is 9.96. The van der Waals surface area contributed by atoms with E-state index in [0.29, 0.717) is 12.2 Å². The van der Waals surface area contributed by atoms with Gasteiger partial charge in [0.05, 0.1) is 0 Å². The fourth-order valence-corrected chi connectivity index (χ4v) is 2.08. The molecule has 0 atom stereocenters. The molecule has 4 nitrogen and oxygen atoms in total. The van der Waals surface area contributed by atoms with Gasteiger partial charge < -0.3 is 9.94 Å². The minimum Gasteiger partial charge on any atom is -0.476 e. The van der Waals surface area contributed by atoms with E-state index in [2.05, 4.69) is 5.16 Å². The molecule has 2 aromatic rings. The van der Waals surface area contributed by atoms with Gasteiger partial charge in [0.25, 0.3) is 0 Å². The maximum atomic E-state index is 11.0. The van der Waals surface area contributed by atoms with Gasteiger partial charge in [0.2, 0.25) is 0 Å². The van der Waals surface area contributed by atoms with Gasteiger partial charge in [0.1, 0.15) is 6.61 Å². The Morgan fingerprint density at radius 2 is 2.06 bits per heavy atom. The van der Waals surface area contributed by atoms with Crippen LogP contribution in [-0.2, 0) is 16.2 Å². The summed E-state index contributed by atoms with van der Waals surface area (Å²) in [4.78, 5) is 16.0. The topological polar surface area (TPSA) is 58.9 Å². The molecule has 0 spiro atoms. The molecule has 4 heteroatoms. The maximum absolute atomic E-state index is 11.0. The first-order valence-corrected chi connectivity index (χ1v) is 5.21. The highest BCUT2D eigenvalue weighted by Crippen LogP contribution is 2.26. The van der Waals surface area contributed by atoms with E-state index < -0.39 is 5.97 Å². The van der Waals surface area contributed by atoms with Crippen molar-refractivity contribution in [2.45, 2.75) is 6.61 Å². The highest BCUT2D eigenvalue weighted by Gasteiger charge is 2.22. The summed E-state index contributed by atoms with van der Waals surface area (Å²) in [6.45, 7) is 0.313. The number of hydrogen-bond acceptors (Lipinski definition) is 3. The van der Waals surface area contributed by atoms with Gasteiger partial charge >= 0.3 is 5.97 Å². The van der Waals surface area contributed by atoms with E-state index >= 15 is 0 Å². The third-order valence-corrected chi connectivity index (χ3v) is 2.86. The lowest BCUT2D eigenvalue weighted by Gasteiger charge is -2.16. The van der Waals surface area contributed by atoms with Crippen LogP contribution in [0.4, 0.5) is 0 Å². The largest absolute Gasteiger partial charge is 0.476 e. The molecule has 0 fully saturated rings. The molecule has 1 aliphatic heterocycles. The van der Waals surface area contributed by atoms with E-state index in [4.69, 9.17) is 9.94 Å². The van der Waals surface area contributed by atoms with Crippen molar-refractivity contribution in [2.24, 2.45) is 5.16 Å². The van der Waals surface area contributed by atoms with Crippen LogP contribution in [0, 0.1) is 0 Å². The van der Waals surface area contributed by atoms with Crippen molar-refractivity contribution in [1.82, 2.24) is 0 Å². The second-order valence-corrected chi connectivity index (χ2v) is 3.83. The van der Waals surface area contributed by atoms with Crippen LogP contribution in [0.15, 0.2) is 41.6 Å². The average Bonchev–Trinajstić information content (AvgIpc) is 2.37. The number of benzene rings is 2. The van der Waals surface area contributed by atoms with Crippen molar-refractivity contribution < 1.29 is 14.7 Å². The van der Waals surface area contributed by atoms with Gasteiger partial charge in [-0.25, -0.2) is 4.79 Å². The maximum Gasteiger partial charge on any atom is 0.358 e. The van der Waals surface area contributed by atoms with E-state index in [1.807, 2.05) is 30.3 Å². The Hall–Kier alpha value is -2.36. The summed E-state index contributed by atoms with van der Waals surface area (Å²) in [5.41, 5.74) is 1.50. The summed E-state index contributed by atoms with van der Waals surface area (Å²) in [6.07, 6.45) is 0. The number of hydrogen-bond donors (Lipinski definition) is 1. The Bertz CT molecular complexity index is 646. The molecule has 1 heterocycles. The van der Waals surface area contributed by atoms with Crippen molar-refractivity contribution in [2.75, 3.05) is 0 Å². The third kappa shape index (κ3) is 1.45. The number of carbonyl (C=O) groups is 1. The van der Waals surface area contributed by atoms with Crippen LogP contribution in [0.2, 0.25) is 0 Å². The fourth-order valence-electron chi connectivity index (χ4n) is 2.08. The van der Waals surface area contributed by atoms with E-state index in [9.17, 15) is 4.79 Å². The predicted octanol–water partition coefficient (Wildman–Crippen LogP) is 2.16. The second kappa shape index (κ2) is 3.59. The number of aliphatic carboxylic acids is 1. The van der Waals surface area contributed by atoms with E-state index in [1.165, 1.54) is 0 Å². The zero-order valence-corrected chi connectivity index (χ0v) is 8.88. The molecule has 1 aliphatic rings. The Labute approximate surface area is 97.1 Å². The minimum atomic E-state index is -1.07. The van der Waals surface area contributed by atoms with E-state index in [1.54, 1.807) is 6.07 Å². The Balaban J connectivity index is 2.32. The fraction of sp³-hybridized carbons (Fsp3) is 0.0769. The normalized spacial score (nSPS) is 13.8. The summed E-state index contributed by atoms with van der Waals surface area (Å²) in [5.74, 6) is -1.07. The quantitative estimate of drug-likeness (QED) is 0.812. The average molecular weight is 227 g/mol. The van der Waals surface area contributed by atoms with Crippen LogP contribution in [0.3, 0.4) is 0 Å². The Kier molecular flexibility index (Phi) is 2.08. The van der Waals surface area contributed by atoms with Crippen LogP contribution >= 0.6 is 0 Å². The molecule has 0 bridgehead atoms. The van der Waals surface area contributed by atoms with Crippen molar-refractivity contribution in [3.05, 3.63) is 47.5 Å². The number of carboxylic acid groups (broad SMARTS) is 1. The first-order valence-electron chi connectivity index (χ1n) is 5.21. The molecule has 0 aliphatic carbocycles. The van der Waals surface area contributed by atoms with Gasteiger partial charge in [-0.1, -0.05) is 41.6 Å². The molecule has 0 aromatic heterocycles. The second-order valence-electron chi connectivity index (χ2n) is 3.83. The summed E-state index contributed by atoms with van der Waals surface area (Å²) in [6, 6.07) is 11.5. The van der Waals surface area contributed by atoms with Crippen LogP contribution in [0.1, 0.15) is 11.1 Å². The molecule has 3 rings (SSSR count). The molecule has 0 unspecified atom stereocenters. The molecule has 1 N–H and O–H groups in total. The number of nitrogens with zero attached hydrogens (tertiary/aromatic N) is 1. The molecule has 84 valence electrons. The molecule has 0 radical (unpaired) electrons. The summed E-state index contributed by atoms with van der Waals surface area (Å²) < 4.78 is 0. The first-order chi connectivity index (χ1) is 8.27. The lowest BCUT2D eigenvalue weighted by Crippen LogP contribution is -2.20. The summed E-state index contributed by atoms with van der Waals surface area (Å²) in [7, 11) is 0. The van der Waals surface area contributed by atoms with Gasteiger partial charge in [-0.2, -0.15) is 0 Å². The summed E-state index contributed by atoms with van der Waals surface area (Å²) in [5, 5.41) is 14.7. The zero-order valence-electron chi connectivity index (χ0n) is 8.88. The smallest absolute Gasteiger partial charge is 0.358 e. The van der Waals surface area contributed by atoms with Crippen LogP contribution < -0.4 is 0 Å². The van der Waals surface area contributed by atoms with Gasteiger partial charge in [-0.15, -0.1) is 0 Å². The van der Waals surface area contributed by atoms with Gasteiger partial charge in [-0.05, 0) is 10.8 Å². The van der Waals surface area contributed by atoms with E-state index in [0.717, 1.165) is 16.3 Å². The van der Waals surface area contributed by atoms with Crippen LogP contribution in [0.5, 0.6) is 0 Å². The molecule has 0 amide bonds. The number of rotatable bonds is 1. The molecular weight excluding hydrogens is 218 g/mol. The predicted molar refractivity (Wildman–Crippen MR) is 62.9 cm³/mol. The standard InChI is InChI=1S/C13H9NO3/c15-13(16)12-10-6-5-8-3-1-2-4-9(8)11(10)7-17-14-12/h1-6H,7H2,(H,15,16). The van der Waals surface area contributed by atoms with Crippen molar-refractivity contribution in [3.63, 3.8) is 0 Å². The third-order valence-electron chi connectivity index (χ3n) is 2.86. The highest BCUT2D eigenvalue weighted by molar-refractivity contribution is 6.43. The minimum absolute atomic E-state index is 0.0306.